The number of carboxylic acid groups (broad SMARTS) is 1. The summed E-state index contributed by atoms with van der Waals surface area (Å²) in [4.78, 5) is 32.6. The van der Waals surface area contributed by atoms with E-state index >= 15 is 0 Å². The van der Waals surface area contributed by atoms with Crippen molar-refractivity contribution in [2.75, 3.05) is 0 Å². The molecule has 5 nitrogen and oxygen atoms in total. The van der Waals surface area contributed by atoms with Crippen LogP contribution in [-0.2, 0) is 6.42 Å². The van der Waals surface area contributed by atoms with Crippen molar-refractivity contribution in [1.82, 2.24) is 9.97 Å². The molecule has 0 aliphatic rings. The molecule has 0 amide bonds. The van der Waals surface area contributed by atoms with Crippen molar-refractivity contribution in [2.45, 2.75) is 13.3 Å². The van der Waals surface area contributed by atoms with Crippen LogP contribution in [-0.4, -0.2) is 26.8 Å². The van der Waals surface area contributed by atoms with E-state index < -0.39 is 5.97 Å². The lowest BCUT2D eigenvalue weighted by Gasteiger charge is -2.04. The molecule has 0 bridgehead atoms. The Morgan fingerprint density at radius 3 is 2.40 bits per heavy atom. The molecule has 0 atom stereocenters. The second-order valence-corrected chi connectivity index (χ2v) is 6.84. The van der Waals surface area contributed by atoms with Gasteiger partial charge in [0.2, 0.25) is 5.78 Å². The van der Waals surface area contributed by atoms with Crippen LogP contribution in [0.1, 0.15) is 31.4 Å². The van der Waals surface area contributed by atoms with Gasteiger partial charge < -0.3 is 5.11 Å². The minimum Gasteiger partial charge on any atom is -0.478 e. The smallest absolute Gasteiger partial charge is 0.337 e. The lowest BCUT2D eigenvalue weighted by molar-refractivity contribution is 0.0697. The molecule has 0 radical (unpaired) electrons. The zero-order valence-corrected chi connectivity index (χ0v) is 14.8. The SMILES string of the molecule is Cc1cnc(C(=O)Cc2scc(-c3ccc(Cl)cc3)c2C(=O)O)nc1. The van der Waals surface area contributed by atoms with Gasteiger partial charge in [-0.2, -0.15) is 0 Å². The second-order valence-electron chi connectivity index (χ2n) is 5.44. The number of Topliss-reactive ketones (excluding diaryl/α,β-unsaturated/α-hetero) is 1. The van der Waals surface area contributed by atoms with Crippen LogP contribution in [0.4, 0.5) is 0 Å². The number of hydrogen-bond acceptors (Lipinski definition) is 5. The molecular formula is C18H13ClN2O3S. The first-order valence-electron chi connectivity index (χ1n) is 7.37. The van der Waals surface area contributed by atoms with Gasteiger partial charge in [0.25, 0.3) is 0 Å². The number of benzene rings is 1. The van der Waals surface area contributed by atoms with Gasteiger partial charge in [0, 0.05) is 34.3 Å². The maximum atomic E-state index is 12.4. The van der Waals surface area contributed by atoms with E-state index in [0.29, 0.717) is 15.5 Å². The summed E-state index contributed by atoms with van der Waals surface area (Å²) in [5, 5.41) is 11.9. The molecule has 1 aromatic carbocycles. The number of aromatic nitrogens is 2. The summed E-state index contributed by atoms with van der Waals surface area (Å²) in [6, 6.07) is 6.91. The van der Waals surface area contributed by atoms with E-state index in [1.807, 2.05) is 6.92 Å². The Morgan fingerprint density at radius 2 is 1.80 bits per heavy atom. The number of aromatic carboxylic acids is 1. The van der Waals surface area contributed by atoms with Crippen LogP contribution in [0.3, 0.4) is 0 Å². The van der Waals surface area contributed by atoms with Gasteiger partial charge in [-0.15, -0.1) is 11.3 Å². The van der Waals surface area contributed by atoms with Gasteiger partial charge in [0.05, 0.1) is 5.56 Å². The van der Waals surface area contributed by atoms with E-state index in [9.17, 15) is 14.7 Å². The molecule has 126 valence electrons. The Balaban J connectivity index is 1.94. The third kappa shape index (κ3) is 3.75. The summed E-state index contributed by atoms with van der Waals surface area (Å²) in [5.74, 6) is -1.30. The van der Waals surface area contributed by atoms with Crippen molar-refractivity contribution >= 4 is 34.7 Å². The van der Waals surface area contributed by atoms with Crippen LogP contribution >= 0.6 is 22.9 Å². The van der Waals surface area contributed by atoms with Gasteiger partial charge in [0.1, 0.15) is 0 Å². The predicted octanol–water partition coefficient (Wildman–Crippen LogP) is 4.29. The van der Waals surface area contributed by atoms with Crippen molar-refractivity contribution in [3.8, 4) is 11.1 Å². The van der Waals surface area contributed by atoms with Gasteiger partial charge in [-0.1, -0.05) is 23.7 Å². The number of thiophene rings is 1. The quantitative estimate of drug-likeness (QED) is 0.676. The summed E-state index contributed by atoms with van der Waals surface area (Å²) in [5.41, 5.74) is 2.29. The standard InChI is InChI=1S/C18H13ClN2O3S/c1-10-7-20-17(21-8-10)14(22)6-15-16(18(23)24)13(9-25-15)11-2-4-12(19)5-3-11/h2-5,7-9H,6H2,1H3,(H,23,24). The van der Waals surface area contributed by atoms with Crippen molar-refractivity contribution in [3.05, 3.63) is 68.9 Å². The highest BCUT2D eigenvalue weighted by Gasteiger charge is 2.22. The van der Waals surface area contributed by atoms with Gasteiger partial charge in [0.15, 0.2) is 5.82 Å². The fraction of sp³-hybridized carbons (Fsp3) is 0.111. The van der Waals surface area contributed by atoms with Gasteiger partial charge in [-0.3, -0.25) is 4.79 Å². The molecule has 0 aliphatic carbocycles. The topological polar surface area (TPSA) is 80.2 Å². The second kappa shape index (κ2) is 7.13. The lowest BCUT2D eigenvalue weighted by Crippen LogP contribution is -2.10. The van der Waals surface area contributed by atoms with E-state index in [1.165, 1.54) is 11.3 Å². The zero-order valence-electron chi connectivity index (χ0n) is 13.2. The maximum absolute atomic E-state index is 12.4. The fourth-order valence-electron chi connectivity index (χ4n) is 2.37. The molecule has 2 heterocycles. The highest BCUT2D eigenvalue weighted by atomic mass is 35.5. The number of halogens is 1. The van der Waals surface area contributed by atoms with Crippen molar-refractivity contribution < 1.29 is 14.7 Å². The fourth-order valence-corrected chi connectivity index (χ4v) is 3.54. The van der Waals surface area contributed by atoms with Crippen LogP contribution < -0.4 is 0 Å². The molecular weight excluding hydrogens is 360 g/mol. The Kier molecular flexibility index (Phi) is 4.92. The summed E-state index contributed by atoms with van der Waals surface area (Å²) in [6.45, 7) is 1.83. The largest absolute Gasteiger partial charge is 0.478 e. The van der Waals surface area contributed by atoms with Crippen LogP contribution in [0.5, 0.6) is 0 Å². The molecule has 0 unspecified atom stereocenters. The molecule has 0 aliphatic heterocycles. The molecule has 0 saturated carbocycles. The molecule has 1 N–H and O–H groups in total. The number of ketones is 1. The first-order chi connectivity index (χ1) is 12.0. The molecule has 0 spiro atoms. The Hall–Kier alpha value is -2.57. The van der Waals surface area contributed by atoms with Gasteiger partial charge in [-0.05, 0) is 35.6 Å². The van der Waals surface area contributed by atoms with E-state index in [4.69, 9.17) is 11.6 Å². The van der Waals surface area contributed by atoms with Crippen LogP contribution in [0.2, 0.25) is 5.02 Å². The molecule has 2 aromatic heterocycles. The molecule has 0 saturated heterocycles. The number of carbonyl (C=O) groups excluding carboxylic acids is 1. The van der Waals surface area contributed by atoms with E-state index in [1.54, 1.807) is 42.0 Å². The van der Waals surface area contributed by atoms with Crippen molar-refractivity contribution in [2.24, 2.45) is 0 Å². The number of rotatable bonds is 5. The van der Waals surface area contributed by atoms with Crippen molar-refractivity contribution in [1.29, 1.82) is 0 Å². The first-order valence-corrected chi connectivity index (χ1v) is 8.63. The van der Waals surface area contributed by atoms with Crippen LogP contribution in [0.15, 0.2) is 42.0 Å². The number of hydrogen-bond donors (Lipinski definition) is 1. The molecule has 0 fully saturated rings. The maximum Gasteiger partial charge on any atom is 0.337 e. The molecule has 3 rings (SSSR count). The Bertz CT molecular complexity index is 934. The first kappa shape index (κ1) is 17.3. The van der Waals surface area contributed by atoms with Crippen molar-refractivity contribution in [3.63, 3.8) is 0 Å². The molecule has 3 aromatic rings. The molecule has 25 heavy (non-hydrogen) atoms. The van der Waals surface area contributed by atoms with E-state index in [-0.39, 0.29) is 23.6 Å². The number of nitrogens with zero attached hydrogens (tertiary/aromatic N) is 2. The zero-order chi connectivity index (χ0) is 18.0. The Labute approximate surface area is 153 Å². The predicted molar refractivity (Wildman–Crippen MR) is 96.5 cm³/mol. The molecule has 7 heteroatoms. The number of carbonyl (C=O) groups is 2. The lowest BCUT2D eigenvalue weighted by atomic mass is 10.0. The third-order valence-corrected chi connectivity index (χ3v) is 4.83. The van der Waals surface area contributed by atoms with E-state index in [0.717, 1.165) is 11.1 Å². The van der Waals surface area contributed by atoms with Gasteiger partial charge >= 0.3 is 5.97 Å². The summed E-state index contributed by atoms with van der Waals surface area (Å²) < 4.78 is 0. The number of aryl methyl sites for hydroxylation is 1. The minimum absolute atomic E-state index is 0.0526. The average molecular weight is 373 g/mol. The highest BCUT2D eigenvalue weighted by molar-refractivity contribution is 7.11. The average Bonchev–Trinajstić information content (AvgIpc) is 3.00. The van der Waals surface area contributed by atoms with Crippen LogP contribution in [0.25, 0.3) is 11.1 Å². The number of carboxylic acids is 1. The minimum atomic E-state index is -1.07. The normalized spacial score (nSPS) is 10.6. The van der Waals surface area contributed by atoms with Crippen LogP contribution in [0, 0.1) is 6.92 Å². The summed E-state index contributed by atoms with van der Waals surface area (Å²) in [6.07, 6.45) is 3.07. The monoisotopic (exact) mass is 372 g/mol. The van der Waals surface area contributed by atoms with Gasteiger partial charge in [-0.25, -0.2) is 14.8 Å². The van der Waals surface area contributed by atoms with E-state index in [2.05, 4.69) is 9.97 Å². The Morgan fingerprint density at radius 1 is 1.16 bits per heavy atom. The highest BCUT2D eigenvalue weighted by Crippen LogP contribution is 2.33. The third-order valence-electron chi connectivity index (χ3n) is 3.59. The summed E-state index contributed by atoms with van der Waals surface area (Å²) >= 11 is 7.12. The summed E-state index contributed by atoms with van der Waals surface area (Å²) in [7, 11) is 0.